The van der Waals surface area contributed by atoms with Crippen LogP contribution in [-0.2, 0) is 26.5 Å². The second-order valence-electron chi connectivity index (χ2n) is 11.8. The van der Waals surface area contributed by atoms with E-state index in [1.807, 2.05) is 54.9 Å². The second-order valence-corrected chi connectivity index (χ2v) is 16.8. The Bertz CT molecular complexity index is 1740. The molecule has 6 rings (SSSR count). The van der Waals surface area contributed by atoms with E-state index in [4.69, 9.17) is 9.40 Å². The zero-order chi connectivity index (χ0) is 28.3. The fourth-order valence-corrected chi connectivity index (χ4v) is 6.46. The van der Waals surface area contributed by atoms with Gasteiger partial charge in [0.05, 0.1) is 5.58 Å². The molecule has 0 amide bonds. The summed E-state index contributed by atoms with van der Waals surface area (Å²) < 4.78 is 6.32. The Hall–Kier alpha value is -3.37. The molecule has 0 saturated carbocycles. The summed E-state index contributed by atoms with van der Waals surface area (Å²) in [6, 6.07) is 33.4. The van der Waals surface area contributed by atoms with Crippen LogP contribution in [0.2, 0.25) is 19.6 Å². The second kappa shape index (κ2) is 13.1. The van der Waals surface area contributed by atoms with E-state index in [2.05, 4.69) is 93.9 Å². The minimum Gasteiger partial charge on any atom is -0.501 e. The van der Waals surface area contributed by atoms with E-state index >= 15 is 0 Å². The molecular weight excluding hydrogens is 697 g/mol. The molecule has 41 heavy (non-hydrogen) atoms. The molecule has 3 aromatic carbocycles. The van der Waals surface area contributed by atoms with Crippen molar-refractivity contribution in [1.82, 2.24) is 9.97 Å². The van der Waals surface area contributed by atoms with Gasteiger partial charge in [0.1, 0.15) is 5.58 Å². The summed E-state index contributed by atoms with van der Waals surface area (Å²) >= 11 is 0. The van der Waals surface area contributed by atoms with Crippen molar-refractivity contribution in [3.05, 3.63) is 115 Å². The molecule has 3 heterocycles. The van der Waals surface area contributed by atoms with Crippen LogP contribution in [0.5, 0.6) is 0 Å². The fourth-order valence-electron chi connectivity index (χ4n) is 4.95. The van der Waals surface area contributed by atoms with Crippen molar-refractivity contribution in [3.8, 4) is 22.5 Å². The van der Waals surface area contributed by atoms with Gasteiger partial charge in [-0.1, -0.05) is 86.4 Å². The Labute approximate surface area is 258 Å². The molecule has 3 aromatic heterocycles. The van der Waals surface area contributed by atoms with E-state index < -0.39 is 8.07 Å². The first-order valence-corrected chi connectivity index (χ1v) is 17.4. The average molecular weight is 733 g/mol. The minimum atomic E-state index is -1.54. The molecule has 0 N–H and O–H groups in total. The maximum atomic E-state index is 6.32. The summed E-state index contributed by atoms with van der Waals surface area (Å²) in [5.74, 6) is 0.627. The summed E-state index contributed by atoms with van der Waals surface area (Å²) in [5, 5.41) is 3.82. The molecule has 0 fully saturated rings. The molecule has 3 nitrogen and oxygen atoms in total. The van der Waals surface area contributed by atoms with Gasteiger partial charge in [-0.05, 0) is 48.3 Å². The molecule has 211 valence electrons. The number of hydrogen-bond donors (Lipinski definition) is 0. The molecule has 5 heteroatoms. The first kappa shape index (κ1) is 30.6. The van der Waals surface area contributed by atoms with Crippen molar-refractivity contribution < 1.29 is 24.5 Å². The summed E-state index contributed by atoms with van der Waals surface area (Å²) in [4.78, 5) is 9.01. The van der Waals surface area contributed by atoms with E-state index in [-0.39, 0.29) is 20.1 Å². The summed E-state index contributed by atoms with van der Waals surface area (Å²) in [5.41, 5.74) is 8.26. The van der Waals surface area contributed by atoms with Gasteiger partial charge in [-0.25, -0.2) is 0 Å². The van der Waals surface area contributed by atoms with Gasteiger partial charge in [0.25, 0.3) is 0 Å². The van der Waals surface area contributed by atoms with E-state index in [9.17, 15) is 0 Å². The number of benzene rings is 3. The Kier molecular flexibility index (Phi) is 9.75. The molecule has 0 bridgehead atoms. The Morgan fingerprint density at radius 2 is 1.66 bits per heavy atom. The maximum Gasteiger partial charge on any atom is 0.120 e. The number of furan rings is 1. The molecule has 0 saturated heterocycles. The van der Waals surface area contributed by atoms with Gasteiger partial charge in [0, 0.05) is 46.0 Å². The number of para-hydroxylation sites is 1. The first-order chi connectivity index (χ1) is 19.2. The van der Waals surface area contributed by atoms with Crippen LogP contribution in [0, 0.1) is 25.0 Å². The van der Waals surface area contributed by atoms with Crippen molar-refractivity contribution in [2.24, 2.45) is 5.92 Å². The number of pyridine rings is 2. The molecule has 0 aliphatic heterocycles. The molecular formula is C36H36IrN2OSi-2. The van der Waals surface area contributed by atoms with E-state index in [0.717, 1.165) is 40.1 Å². The predicted octanol–water partition coefficient (Wildman–Crippen LogP) is 9.05. The van der Waals surface area contributed by atoms with Crippen LogP contribution in [0.4, 0.5) is 0 Å². The molecule has 6 aromatic rings. The van der Waals surface area contributed by atoms with Gasteiger partial charge < -0.3 is 14.4 Å². The van der Waals surface area contributed by atoms with Crippen LogP contribution in [0.15, 0.2) is 95.7 Å². The number of rotatable bonds is 5. The quantitative estimate of drug-likeness (QED) is 0.131. The third-order valence-electron chi connectivity index (χ3n) is 6.89. The monoisotopic (exact) mass is 733 g/mol. The van der Waals surface area contributed by atoms with Crippen molar-refractivity contribution in [2.45, 2.75) is 46.8 Å². The standard InChI is InChI=1S/C24H26NOSi.C12H10N.Ir/c1-16(2)14-17-10-12-20(25-15-17)18-11-13-22(27(3,4)5)23-19-8-6-7-9-21(19)26-24(18)23;1-10-7-8-13-12(9-10)11-5-3-2-4-6-11;/h6-10,12-13,15-16H,14H2,1-5H3;2-5,7-9H,1H3;/q2*-1;. The molecule has 0 atom stereocenters. The van der Waals surface area contributed by atoms with Gasteiger partial charge in [-0.15, -0.1) is 53.2 Å². The fraction of sp³-hybridized carbons (Fsp3) is 0.222. The number of nitrogens with zero attached hydrogens (tertiary/aromatic N) is 2. The molecule has 0 spiro atoms. The predicted molar refractivity (Wildman–Crippen MR) is 171 cm³/mol. The number of aromatic nitrogens is 2. The first-order valence-electron chi connectivity index (χ1n) is 13.9. The van der Waals surface area contributed by atoms with Gasteiger partial charge in [-0.2, -0.15) is 0 Å². The van der Waals surface area contributed by atoms with Crippen LogP contribution in [0.1, 0.15) is 25.0 Å². The minimum absolute atomic E-state index is 0. The molecule has 0 aliphatic carbocycles. The van der Waals surface area contributed by atoms with Gasteiger partial charge in [0.15, 0.2) is 0 Å². The van der Waals surface area contributed by atoms with E-state index in [1.54, 1.807) is 0 Å². The molecule has 1 radical (unpaired) electrons. The maximum absolute atomic E-state index is 6.32. The van der Waals surface area contributed by atoms with Crippen LogP contribution in [-0.4, -0.2) is 18.0 Å². The Morgan fingerprint density at radius 1 is 0.878 bits per heavy atom. The summed E-state index contributed by atoms with van der Waals surface area (Å²) in [6.45, 7) is 13.6. The average Bonchev–Trinajstić information content (AvgIpc) is 3.33. The Morgan fingerprint density at radius 3 is 2.32 bits per heavy atom. The third kappa shape index (κ3) is 7.10. The van der Waals surface area contributed by atoms with Crippen LogP contribution in [0.3, 0.4) is 0 Å². The van der Waals surface area contributed by atoms with Crippen LogP contribution in [0.25, 0.3) is 44.5 Å². The zero-order valence-electron chi connectivity index (χ0n) is 24.6. The van der Waals surface area contributed by atoms with Crippen LogP contribution < -0.4 is 5.19 Å². The third-order valence-corrected chi connectivity index (χ3v) is 8.90. The largest absolute Gasteiger partial charge is 0.501 e. The van der Waals surface area contributed by atoms with Crippen molar-refractivity contribution in [3.63, 3.8) is 0 Å². The van der Waals surface area contributed by atoms with E-state index in [1.165, 1.54) is 27.1 Å². The number of hydrogen-bond acceptors (Lipinski definition) is 3. The number of fused-ring (bicyclic) bond motifs is 3. The molecule has 0 aliphatic rings. The molecule has 0 unspecified atom stereocenters. The van der Waals surface area contributed by atoms with Gasteiger partial charge >= 0.3 is 0 Å². The van der Waals surface area contributed by atoms with Crippen molar-refractivity contribution >= 4 is 35.2 Å². The summed E-state index contributed by atoms with van der Waals surface area (Å²) in [6.07, 6.45) is 4.86. The SMILES string of the molecule is CC(C)Cc1ccc(-c2[c-]cc([Si](C)(C)C)c3c2oc2ccccc23)nc1.Cc1ccnc(-c2[c-]cccc2)c1.[Ir]. The topological polar surface area (TPSA) is 38.9 Å². The van der Waals surface area contributed by atoms with Gasteiger partial charge in [0.2, 0.25) is 0 Å². The van der Waals surface area contributed by atoms with Crippen molar-refractivity contribution in [1.29, 1.82) is 0 Å². The van der Waals surface area contributed by atoms with E-state index in [0.29, 0.717) is 5.92 Å². The Balaban J connectivity index is 0.000000233. The summed E-state index contributed by atoms with van der Waals surface area (Å²) in [7, 11) is -1.54. The normalized spacial score (nSPS) is 11.3. The number of aryl methyl sites for hydroxylation is 1. The van der Waals surface area contributed by atoms with Crippen LogP contribution >= 0.6 is 0 Å². The van der Waals surface area contributed by atoms with Gasteiger partial charge in [-0.3, -0.25) is 0 Å². The smallest absolute Gasteiger partial charge is 0.120 e. The zero-order valence-corrected chi connectivity index (χ0v) is 28.0. The van der Waals surface area contributed by atoms with Crippen molar-refractivity contribution in [2.75, 3.05) is 0 Å².